The highest BCUT2D eigenvalue weighted by Crippen LogP contribution is 2.06. The largest absolute Gasteiger partial charge is 0.392 e. The van der Waals surface area contributed by atoms with Crippen LogP contribution in [-0.2, 0) is 0 Å². The van der Waals surface area contributed by atoms with Crippen LogP contribution >= 0.6 is 0 Å². The predicted octanol–water partition coefficient (Wildman–Crippen LogP) is 2.27. The molecule has 0 aliphatic heterocycles. The van der Waals surface area contributed by atoms with Crippen molar-refractivity contribution < 1.29 is 0 Å². The summed E-state index contributed by atoms with van der Waals surface area (Å²) >= 11 is 0. The van der Waals surface area contributed by atoms with Gasteiger partial charge in [-0.2, -0.15) is 5.11 Å². The van der Waals surface area contributed by atoms with E-state index >= 15 is 0 Å². The molecule has 0 saturated carbocycles. The Hall–Kier alpha value is -0.860. The normalized spacial score (nSPS) is 11.2. The maximum Gasteiger partial charge on any atom is 0.0779 e. The number of unbranched alkanes of at least 4 members (excludes halogenated alkanes) is 1. The fourth-order valence-electron chi connectivity index (χ4n) is 0.685. The first-order valence-corrected chi connectivity index (χ1v) is 3.59. The smallest absolute Gasteiger partial charge is 0.0779 e. The van der Waals surface area contributed by atoms with E-state index in [1.807, 2.05) is 7.05 Å². The number of hydrogen-bond donors (Lipinski definition) is 2. The first kappa shape index (κ1) is 9.14. The number of hydrogen-bond acceptors (Lipinski definition) is 3. The van der Waals surface area contributed by atoms with Crippen LogP contribution in [0.1, 0.15) is 26.2 Å². The summed E-state index contributed by atoms with van der Waals surface area (Å²) < 4.78 is 0. The summed E-state index contributed by atoms with van der Waals surface area (Å²) in [5.41, 5.74) is 7.58. The van der Waals surface area contributed by atoms with Crippen LogP contribution in [0.15, 0.2) is 17.0 Å². The highest BCUT2D eigenvalue weighted by molar-refractivity contribution is 4.95. The van der Waals surface area contributed by atoms with Gasteiger partial charge in [0.2, 0.25) is 0 Å². The highest BCUT2D eigenvalue weighted by Gasteiger charge is 1.91. The van der Waals surface area contributed by atoms with E-state index in [1.54, 1.807) is 6.20 Å². The molecule has 0 fully saturated rings. The van der Waals surface area contributed by atoms with Gasteiger partial charge in [0.15, 0.2) is 0 Å². The van der Waals surface area contributed by atoms with Crippen LogP contribution in [0.25, 0.3) is 0 Å². The summed E-state index contributed by atoms with van der Waals surface area (Å²) in [6.45, 7) is 2.13. The first-order valence-electron chi connectivity index (χ1n) is 3.59. The molecule has 58 valence electrons. The monoisotopic (exact) mass is 141 g/mol. The number of rotatable bonds is 5. The minimum atomic E-state index is 0.823. The lowest BCUT2D eigenvalue weighted by molar-refractivity contribution is 0.758. The molecule has 0 aromatic carbocycles. The molecule has 0 heterocycles. The van der Waals surface area contributed by atoms with Crippen molar-refractivity contribution >= 4 is 0 Å². The summed E-state index contributed by atoms with van der Waals surface area (Å²) in [6.07, 6.45) is 4.93. The van der Waals surface area contributed by atoms with Crippen LogP contribution in [-0.4, -0.2) is 7.05 Å². The van der Waals surface area contributed by atoms with Gasteiger partial charge in [-0.3, -0.25) is 0 Å². The molecule has 3 heteroatoms. The van der Waals surface area contributed by atoms with Crippen LogP contribution in [0.4, 0.5) is 0 Å². The lowest BCUT2D eigenvalue weighted by atomic mass is 10.2. The van der Waals surface area contributed by atoms with Crippen LogP contribution < -0.4 is 5.32 Å². The van der Waals surface area contributed by atoms with E-state index in [4.69, 9.17) is 5.53 Å². The molecule has 0 aliphatic rings. The summed E-state index contributed by atoms with van der Waals surface area (Å²) in [5.74, 6) is 0. The summed E-state index contributed by atoms with van der Waals surface area (Å²) in [5, 5.41) is 6.22. The predicted molar refractivity (Wildman–Crippen MR) is 41.8 cm³/mol. The fourth-order valence-corrected chi connectivity index (χ4v) is 0.685. The van der Waals surface area contributed by atoms with Crippen molar-refractivity contribution in [2.75, 3.05) is 7.05 Å². The van der Waals surface area contributed by atoms with E-state index in [1.165, 1.54) is 0 Å². The standard InChI is InChI=1S/C7H15N3/c1-3-4-5-7(10-8)6-9-2/h6,8-9H,3-5H2,1-2H3/b7-6-,10-8?. The second kappa shape index (κ2) is 6.26. The van der Waals surface area contributed by atoms with E-state index in [2.05, 4.69) is 17.4 Å². The Balaban J connectivity index is 3.60. The van der Waals surface area contributed by atoms with E-state index in [9.17, 15) is 0 Å². The molecule has 0 aliphatic carbocycles. The molecule has 0 aromatic rings. The van der Waals surface area contributed by atoms with Gasteiger partial charge in [-0.05, 0) is 12.8 Å². The number of nitrogens with zero attached hydrogens (tertiary/aromatic N) is 1. The average molecular weight is 141 g/mol. The third-order valence-electron chi connectivity index (χ3n) is 1.24. The second-order valence-electron chi connectivity index (χ2n) is 2.14. The molecule has 0 saturated heterocycles. The van der Waals surface area contributed by atoms with Gasteiger partial charge in [0.05, 0.1) is 5.70 Å². The molecule has 10 heavy (non-hydrogen) atoms. The molecule has 0 unspecified atom stereocenters. The summed E-state index contributed by atoms with van der Waals surface area (Å²) in [6, 6.07) is 0. The Bertz CT molecular complexity index is 118. The van der Waals surface area contributed by atoms with Gasteiger partial charge >= 0.3 is 0 Å². The van der Waals surface area contributed by atoms with Crippen molar-refractivity contribution in [3.63, 3.8) is 0 Å². The van der Waals surface area contributed by atoms with E-state index in [-0.39, 0.29) is 0 Å². The Morgan fingerprint density at radius 3 is 2.80 bits per heavy atom. The molecule has 2 N–H and O–H groups in total. The molecule has 0 amide bonds. The fraction of sp³-hybridized carbons (Fsp3) is 0.714. The molecule has 0 rings (SSSR count). The lowest BCUT2D eigenvalue weighted by Crippen LogP contribution is -1.94. The molecular formula is C7H15N3. The second-order valence-corrected chi connectivity index (χ2v) is 2.14. The van der Waals surface area contributed by atoms with Crippen LogP contribution in [0, 0.1) is 5.53 Å². The quantitative estimate of drug-likeness (QED) is 0.567. The van der Waals surface area contributed by atoms with Crippen molar-refractivity contribution in [3.05, 3.63) is 11.9 Å². The summed E-state index contributed by atoms with van der Waals surface area (Å²) in [4.78, 5) is 0. The molecule has 0 bridgehead atoms. The zero-order chi connectivity index (χ0) is 7.82. The topological polar surface area (TPSA) is 48.2 Å². The van der Waals surface area contributed by atoms with E-state index in [0.29, 0.717) is 0 Å². The van der Waals surface area contributed by atoms with Gasteiger partial charge in [-0.15, -0.1) is 0 Å². The Labute approximate surface area is 62.0 Å². The van der Waals surface area contributed by atoms with Crippen LogP contribution in [0.5, 0.6) is 0 Å². The minimum Gasteiger partial charge on any atom is -0.392 e. The molecule has 3 nitrogen and oxygen atoms in total. The third kappa shape index (κ3) is 4.06. The van der Waals surface area contributed by atoms with Gasteiger partial charge < -0.3 is 5.32 Å². The van der Waals surface area contributed by atoms with Gasteiger partial charge in [0.1, 0.15) is 0 Å². The Morgan fingerprint density at radius 1 is 1.70 bits per heavy atom. The van der Waals surface area contributed by atoms with Crippen LogP contribution in [0.2, 0.25) is 0 Å². The summed E-state index contributed by atoms with van der Waals surface area (Å²) in [7, 11) is 1.82. The van der Waals surface area contributed by atoms with Crippen molar-refractivity contribution in [1.29, 1.82) is 5.53 Å². The highest BCUT2D eigenvalue weighted by atomic mass is 15.0. The maximum atomic E-state index is 6.76. The van der Waals surface area contributed by atoms with E-state index < -0.39 is 0 Å². The maximum absolute atomic E-state index is 6.76. The zero-order valence-corrected chi connectivity index (χ0v) is 6.65. The minimum absolute atomic E-state index is 0.823. The lowest BCUT2D eigenvalue weighted by Gasteiger charge is -1.96. The molecule has 0 radical (unpaired) electrons. The van der Waals surface area contributed by atoms with Gasteiger partial charge in [0.25, 0.3) is 0 Å². The average Bonchev–Trinajstić information content (AvgIpc) is 1.98. The third-order valence-corrected chi connectivity index (χ3v) is 1.24. The van der Waals surface area contributed by atoms with Gasteiger partial charge in [-0.1, -0.05) is 13.3 Å². The van der Waals surface area contributed by atoms with Crippen molar-refractivity contribution in [3.8, 4) is 0 Å². The SMILES string of the molecule is CCCC/C(=C/NC)N=N. The molecular weight excluding hydrogens is 126 g/mol. The molecule has 0 atom stereocenters. The van der Waals surface area contributed by atoms with Gasteiger partial charge in [-0.25, -0.2) is 5.53 Å². The number of nitrogens with one attached hydrogen (secondary N) is 2. The first-order chi connectivity index (χ1) is 4.85. The van der Waals surface area contributed by atoms with Gasteiger partial charge in [0, 0.05) is 13.2 Å². The van der Waals surface area contributed by atoms with E-state index in [0.717, 1.165) is 25.0 Å². The Morgan fingerprint density at radius 2 is 2.40 bits per heavy atom. The Kier molecular flexibility index (Phi) is 5.72. The molecule has 0 spiro atoms. The van der Waals surface area contributed by atoms with Crippen molar-refractivity contribution in [1.82, 2.24) is 5.32 Å². The molecule has 0 aromatic heterocycles. The number of allylic oxidation sites excluding steroid dienone is 1. The van der Waals surface area contributed by atoms with Crippen molar-refractivity contribution in [2.45, 2.75) is 26.2 Å². The zero-order valence-electron chi connectivity index (χ0n) is 6.65. The van der Waals surface area contributed by atoms with Crippen LogP contribution in [0.3, 0.4) is 0 Å². The van der Waals surface area contributed by atoms with Crippen molar-refractivity contribution in [2.24, 2.45) is 5.11 Å².